The van der Waals surface area contributed by atoms with Crippen molar-refractivity contribution in [3.8, 4) is 17.2 Å². The van der Waals surface area contributed by atoms with Gasteiger partial charge in [0.25, 0.3) is 0 Å². The van der Waals surface area contributed by atoms with E-state index in [-0.39, 0.29) is 11.5 Å². The van der Waals surface area contributed by atoms with Crippen LogP contribution in [0, 0.1) is 13.8 Å². The normalized spacial score (nSPS) is 10.8. The van der Waals surface area contributed by atoms with Crippen molar-refractivity contribution in [2.45, 2.75) is 13.8 Å². The molecule has 0 aliphatic rings. The monoisotopic (exact) mass is 317 g/mol. The van der Waals surface area contributed by atoms with Gasteiger partial charge in [0.05, 0.1) is 27.0 Å². The molecule has 1 aromatic carbocycles. The molecule has 0 bridgehead atoms. The number of oxazole rings is 1. The molecule has 0 saturated heterocycles. The second-order valence-corrected chi connectivity index (χ2v) is 4.80. The first kappa shape index (κ1) is 16.6. The van der Waals surface area contributed by atoms with E-state index in [2.05, 4.69) is 4.98 Å². The molecule has 0 radical (unpaired) electrons. The van der Waals surface area contributed by atoms with Crippen molar-refractivity contribution in [2.24, 2.45) is 0 Å². The van der Waals surface area contributed by atoms with Crippen molar-refractivity contribution in [1.82, 2.24) is 4.98 Å². The van der Waals surface area contributed by atoms with Crippen LogP contribution in [0.1, 0.15) is 27.7 Å². The number of aryl methyl sites for hydroxylation is 2. The summed E-state index contributed by atoms with van der Waals surface area (Å²) in [6.07, 6.45) is 3.08. The number of methoxy groups -OCH3 is 3. The number of carbonyl (C=O) groups excluding carboxylic acids is 1. The molecular formula is C17H19NO5. The molecular weight excluding hydrogens is 298 g/mol. The highest BCUT2D eigenvalue weighted by Crippen LogP contribution is 2.38. The van der Waals surface area contributed by atoms with Gasteiger partial charge < -0.3 is 18.6 Å². The predicted octanol–water partition coefficient (Wildman–Crippen LogP) is 3.21. The summed E-state index contributed by atoms with van der Waals surface area (Å²) in [6, 6.07) is 3.51. The number of allylic oxidation sites excluding steroid dienone is 1. The molecule has 6 heteroatoms. The molecule has 1 aromatic heterocycles. The SMILES string of the molecule is COc1cc(/C=C/C(=O)c2oc(C)nc2C)cc(OC)c1OC. The summed E-state index contributed by atoms with van der Waals surface area (Å²) in [6.45, 7) is 3.43. The van der Waals surface area contributed by atoms with Crippen LogP contribution in [-0.2, 0) is 0 Å². The van der Waals surface area contributed by atoms with Crippen LogP contribution < -0.4 is 14.2 Å². The van der Waals surface area contributed by atoms with E-state index in [0.29, 0.717) is 28.8 Å². The van der Waals surface area contributed by atoms with Gasteiger partial charge in [-0.1, -0.05) is 6.08 Å². The average molecular weight is 317 g/mol. The zero-order valence-corrected chi connectivity index (χ0v) is 13.8. The van der Waals surface area contributed by atoms with E-state index in [9.17, 15) is 4.79 Å². The Morgan fingerprint density at radius 1 is 1.09 bits per heavy atom. The Labute approximate surface area is 134 Å². The number of hydrogen-bond donors (Lipinski definition) is 0. The number of carbonyl (C=O) groups is 1. The molecule has 1 heterocycles. The third-order valence-corrected chi connectivity index (χ3v) is 3.24. The lowest BCUT2D eigenvalue weighted by molar-refractivity contribution is 0.102. The lowest BCUT2D eigenvalue weighted by atomic mass is 10.1. The predicted molar refractivity (Wildman–Crippen MR) is 85.4 cm³/mol. The maximum atomic E-state index is 12.2. The van der Waals surface area contributed by atoms with Crippen molar-refractivity contribution in [1.29, 1.82) is 0 Å². The summed E-state index contributed by atoms with van der Waals surface area (Å²) >= 11 is 0. The molecule has 122 valence electrons. The van der Waals surface area contributed by atoms with Gasteiger partial charge in [0.15, 0.2) is 23.1 Å². The molecule has 2 aromatic rings. The van der Waals surface area contributed by atoms with Crippen molar-refractivity contribution in [2.75, 3.05) is 21.3 Å². The zero-order chi connectivity index (χ0) is 17.0. The third-order valence-electron chi connectivity index (χ3n) is 3.24. The van der Waals surface area contributed by atoms with E-state index in [1.54, 1.807) is 32.1 Å². The maximum absolute atomic E-state index is 12.2. The van der Waals surface area contributed by atoms with Crippen molar-refractivity contribution in [3.05, 3.63) is 41.1 Å². The number of rotatable bonds is 6. The van der Waals surface area contributed by atoms with Gasteiger partial charge in [-0.2, -0.15) is 0 Å². The lowest BCUT2D eigenvalue weighted by Gasteiger charge is -2.12. The first-order chi connectivity index (χ1) is 11.0. The number of hydrogen-bond acceptors (Lipinski definition) is 6. The fraction of sp³-hybridized carbons (Fsp3) is 0.294. The highest BCUT2D eigenvalue weighted by molar-refractivity contribution is 6.05. The molecule has 0 aliphatic carbocycles. The zero-order valence-electron chi connectivity index (χ0n) is 13.8. The molecule has 0 spiro atoms. The summed E-state index contributed by atoms with van der Waals surface area (Å²) in [7, 11) is 4.61. The first-order valence-electron chi connectivity index (χ1n) is 6.96. The van der Waals surface area contributed by atoms with Gasteiger partial charge in [-0.05, 0) is 30.7 Å². The Hall–Kier alpha value is -2.76. The van der Waals surface area contributed by atoms with Gasteiger partial charge in [0.2, 0.25) is 11.5 Å². The van der Waals surface area contributed by atoms with Crippen molar-refractivity contribution < 1.29 is 23.4 Å². The third kappa shape index (κ3) is 3.53. The smallest absolute Gasteiger partial charge is 0.223 e. The molecule has 0 unspecified atom stereocenters. The van der Waals surface area contributed by atoms with Crippen LogP contribution in [0.25, 0.3) is 6.08 Å². The fourth-order valence-corrected chi connectivity index (χ4v) is 2.21. The van der Waals surface area contributed by atoms with Gasteiger partial charge in [-0.15, -0.1) is 0 Å². The summed E-state index contributed by atoms with van der Waals surface area (Å²) in [5.74, 6) is 1.99. The van der Waals surface area contributed by atoms with Gasteiger partial charge in [0.1, 0.15) is 0 Å². The van der Waals surface area contributed by atoms with Crippen LogP contribution in [0.2, 0.25) is 0 Å². The fourth-order valence-electron chi connectivity index (χ4n) is 2.21. The molecule has 6 nitrogen and oxygen atoms in total. The largest absolute Gasteiger partial charge is 0.493 e. The van der Waals surface area contributed by atoms with Gasteiger partial charge in [-0.3, -0.25) is 4.79 Å². The molecule has 0 N–H and O–H groups in total. The van der Waals surface area contributed by atoms with Crippen molar-refractivity contribution in [3.63, 3.8) is 0 Å². The lowest BCUT2D eigenvalue weighted by Crippen LogP contribution is -1.96. The highest BCUT2D eigenvalue weighted by atomic mass is 16.5. The molecule has 0 saturated carbocycles. The quantitative estimate of drug-likeness (QED) is 0.602. The molecule has 2 rings (SSSR count). The number of ether oxygens (including phenoxy) is 3. The second kappa shape index (κ2) is 7.00. The summed E-state index contributed by atoms with van der Waals surface area (Å²) in [5.41, 5.74) is 1.31. The minimum atomic E-state index is -0.253. The van der Waals surface area contributed by atoms with Crippen molar-refractivity contribution >= 4 is 11.9 Å². The van der Waals surface area contributed by atoms with E-state index in [1.807, 2.05) is 0 Å². The van der Waals surface area contributed by atoms with Crippen LogP contribution >= 0.6 is 0 Å². The Morgan fingerprint density at radius 2 is 1.70 bits per heavy atom. The maximum Gasteiger partial charge on any atom is 0.223 e. The van der Waals surface area contributed by atoms with Gasteiger partial charge in [-0.25, -0.2) is 4.98 Å². The van der Waals surface area contributed by atoms with Crippen LogP contribution in [0.15, 0.2) is 22.6 Å². The number of benzene rings is 1. The van der Waals surface area contributed by atoms with Crippen LogP contribution in [0.5, 0.6) is 17.2 Å². The average Bonchev–Trinajstić information content (AvgIpc) is 2.89. The number of aromatic nitrogens is 1. The van der Waals surface area contributed by atoms with E-state index >= 15 is 0 Å². The Morgan fingerprint density at radius 3 is 2.13 bits per heavy atom. The molecule has 0 fully saturated rings. The number of ketones is 1. The van der Waals surface area contributed by atoms with E-state index < -0.39 is 0 Å². The minimum absolute atomic E-state index is 0.242. The first-order valence-corrected chi connectivity index (χ1v) is 6.96. The number of nitrogens with zero attached hydrogens (tertiary/aromatic N) is 1. The topological polar surface area (TPSA) is 70.8 Å². The molecule has 0 atom stereocenters. The second-order valence-electron chi connectivity index (χ2n) is 4.80. The van der Waals surface area contributed by atoms with Crippen LogP contribution in [-0.4, -0.2) is 32.1 Å². The van der Waals surface area contributed by atoms with Gasteiger partial charge >= 0.3 is 0 Å². The molecule has 0 amide bonds. The van der Waals surface area contributed by atoms with E-state index in [4.69, 9.17) is 18.6 Å². The van der Waals surface area contributed by atoms with Crippen LogP contribution in [0.4, 0.5) is 0 Å². The Kier molecular flexibility index (Phi) is 5.05. The summed E-state index contributed by atoms with van der Waals surface area (Å²) in [4.78, 5) is 16.3. The van der Waals surface area contributed by atoms with Gasteiger partial charge in [0, 0.05) is 6.92 Å². The Bertz CT molecular complexity index is 720. The minimum Gasteiger partial charge on any atom is -0.493 e. The summed E-state index contributed by atoms with van der Waals surface area (Å²) in [5, 5.41) is 0. The van der Waals surface area contributed by atoms with Crippen LogP contribution in [0.3, 0.4) is 0 Å². The highest BCUT2D eigenvalue weighted by Gasteiger charge is 2.14. The van der Waals surface area contributed by atoms with E-state index in [0.717, 1.165) is 5.56 Å². The molecule has 0 aliphatic heterocycles. The summed E-state index contributed by atoms with van der Waals surface area (Å²) < 4.78 is 21.1. The van der Waals surface area contributed by atoms with E-state index in [1.165, 1.54) is 27.4 Å². The molecule has 23 heavy (non-hydrogen) atoms. The standard InChI is InChI=1S/C17H19NO5/c1-10-16(23-11(2)18-10)13(19)7-6-12-8-14(20-3)17(22-5)15(9-12)21-4/h6-9H,1-5H3/b7-6+. The Balaban J connectivity index is 2.32.